The van der Waals surface area contributed by atoms with E-state index in [1.165, 1.54) is 0 Å². The molecule has 0 aromatic heterocycles. The van der Waals surface area contributed by atoms with Crippen molar-refractivity contribution < 1.29 is 9.59 Å². The molecule has 2 aromatic rings. The van der Waals surface area contributed by atoms with Crippen molar-refractivity contribution in [3.63, 3.8) is 0 Å². The number of aryl methyl sites for hydroxylation is 4. The molecular weight excluding hydrogens is 260 g/mol. The monoisotopic (exact) mass is 279 g/mol. The Kier molecular flexibility index (Phi) is 4.08. The summed E-state index contributed by atoms with van der Waals surface area (Å²) in [6, 6.07) is 7.70. The van der Waals surface area contributed by atoms with E-state index < -0.39 is 0 Å². The molecule has 2 heteroatoms. The minimum absolute atomic E-state index is 0.0166. The molecule has 0 N–H and O–H groups in total. The van der Waals surface area contributed by atoms with Crippen molar-refractivity contribution in [1.82, 2.24) is 0 Å². The van der Waals surface area contributed by atoms with E-state index in [9.17, 15) is 9.59 Å². The Labute approximate surface area is 125 Å². The van der Waals surface area contributed by atoms with Gasteiger partial charge in [0.15, 0.2) is 5.78 Å². The number of carbonyl (C=O) groups is 1. The van der Waals surface area contributed by atoms with Crippen LogP contribution < -0.4 is 0 Å². The highest BCUT2D eigenvalue weighted by Crippen LogP contribution is 2.26. The molecule has 107 valence electrons. The van der Waals surface area contributed by atoms with Gasteiger partial charge >= 0.3 is 0 Å². The molecule has 0 bridgehead atoms. The Morgan fingerprint density at radius 1 is 0.857 bits per heavy atom. The van der Waals surface area contributed by atoms with Crippen molar-refractivity contribution >= 4 is 12.1 Å². The zero-order chi connectivity index (χ0) is 15.7. The van der Waals surface area contributed by atoms with Crippen molar-refractivity contribution in [2.45, 2.75) is 34.6 Å². The Hall–Kier alpha value is -2.22. The average molecular weight is 279 g/mol. The number of carbonyl (C=O) groups excluding carboxylic acids is 2. The number of ketones is 1. The summed E-state index contributed by atoms with van der Waals surface area (Å²) in [5.74, 6) is -0.0166. The third-order valence-electron chi connectivity index (χ3n) is 4.01. The number of rotatable bonds is 3. The molecule has 0 amide bonds. The van der Waals surface area contributed by atoms with E-state index in [0.717, 1.165) is 33.4 Å². The quantitative estimate of drug-likeness (QED) is 0.798. The van der Waals surface area contributed by atoms with E-state index in [2.05, 4.69) is 0 Å². The maximum absolute atomic E-state index is 13.0. The Morgan fingerprint density at radius 2 is 1.43 bits per heavy atom. The maximum atomic E-state index is 13.0. The average Bonchev–Trinajstić information content (AvgIpc) is 2.38. The van der Waals surface area contributed by atoms with Crippen molar-refractivity contribution in [1.29, 1.82) is 0 Å². The van der Waals surface area contributed by atoms with E-state index >= 15 is 0 Å². The second-order valence-electron chi connectivity index (χ2n) is 5.58. The number of benzene rings is 2. The lowest BCUT2D eigenvalue weighted by Gasteiger charge is -2.15. The summed E-state index contributed by atoms with van der Waals surface area (Å²) >= 11 is 0. The second-order valence-corrected chi connectivity index (χ2v) is 5.58. The van der Waals surface area contributed by atoms with Crippen molar-refractivity contribution in [3.05, 3.63) is 68.8 Å². The molecule has 2 nitrogen and oxygen atoms in total. The first-order valence-corrected chi connectivity index (χ1v) is 6.98. The minimum atomic E-state index is -0.0166. The molecule has 0 unspecified atom stereocenters. The third kappa shape index (κ3) is 2.54. The van der Waals surface area contributed by atoms with Crippen LogP contribution in [0.5, 0.6) is 0 Å². The molecule has 0 spiro atoms. The van der Waals surface area contributed by atoms with Crippen LogP contribution in [0, 0.1) is 34.6 Å². The van der Waals surface area contributed by atoms with Gasteiger partial charge in [0.05, 0.1) is 0 Å². The molecule has 0 aliphatic carbocycles. The number of hydrogen-bond acceptors (Lipinski definition) is 2. The fourth-order valence-electron chi connectivity index (χ4n) is 2.99. The van der Waals surface area contributed by atoms with Crippen LogP contribution in [-0.4, -0.2) is 12.1 Å². The van der Waals surface area contributed by atoms with Crippen LogP contribution in [0.25, 0.3) is 0 Å². The van der Waals surface area contributed by atoms with E-state index in [0.29, 0.717) is 11.1 Å². The van der Waals surface area contributed by atoms with Crippen LogP contribution in [0.2, 0.25) is 0 Å². The molecule has 0 aliphatic rings. The lowest BCUT2D eigenvalue weighted by atomic mass is 9.87. The lowest BCUT2D eigenvalue weighted by molar-refractivity contribution is 0.103. The van der Waals surface area contributed by atoms with E-state index in [1.807, 2.05) is 65.2 Å². The van der Waals surface area contributed by atoms with Crippen LogP contribution in [0.4, 0.5) is 0 Å². The first-order chi connectivity index (χ1) is 9.88. The molecule has 2 rings (SSSR count). The minimum Gasteiger partial charge on any atom is -0.289 e. The summed E-state index contributed by atoms with van der Waals surface area (Å²) in [4.78, 5) is 24.1. The van der Waals surface area contributed by atoms with E-state index in [-0.39, 0.29) is 5.78 Å². The van der Waals surface area contributed by atoms with Crippen molar-refractivity contribution in [3.8, 4) is 0 Å². The molecule has 21 heavy (non-hydrogen) atoms. The third-order valence-corrected chi connectivity index (χ3v) is 4.01. The van der Waals surface area contributed by atoms with Gasteiger partial charge in [-0.3, -0.25) is 9.59 Å². The van der Waals surface area contributed by atoms with Gasteiger partial charge < -0.3 is 0 Å². The fraction of sp³-hybridized carbons (Fsp3) is 0.263. The van der Waals surface area contributed by atoms with Gasteiger partial charge in [-0.05, 0) is 62.4 Å². The topological polar surface area (TPSA) is 34.1 Å². The van der Waals surface area contributed by atoms with E-state index in [1.54, 1.807) is 0 Å². The molecule has 0 aliphatic heterocycles. The Balaban J connectivity index is 2.73. The molecule has 0 saturated carbocycles. The van der Waals surface area contributed by atoms with Gasteiger partial charge in [0.2, 0.25) is 6.29 Å². The van der Waals surface area contributed by atoms with Gasteiger partial charge in [-0.25, -0.2) is 0 Å². The summed E-state index contributed by atoms with van der Waals surface area (Å²) in [7, 11) is 0. The summed E-state index contributed by atoms with van der Waals surface area (Å²) in [6.07, 6.45) is 1.96. The molecular formula is C19H19O2. The van der Waals surface area contributed by atoms with E-state index in [4.69, 9.17) is 0 Å². The molecule has 0 fully saturated rings. The molecule has 0 saturated heterocycles. The van der Waals surface area contributed by atoms with Gasteiger partial charge in [-0.2, -0.15) is 0 Å². The van der Waals surface area contributed by atoms with Crippen LogP contribution in [0.15, 0.2) is 24.3 Å². The predicted molar refractivity (Wildman–Crippen MR) is 84.8 cm³/mol. The summed E-state index contributed by atoms with van der Waals surface area (Å²) in [5, 5.41) is 0. The Morgan fingerprint density at radius 3 is 1.95 bits per heavy atom. The second kappa shape index (κ2) is 5.65. The van der Waals surface area contributed by atoms with Gasteiger partial charge in [0.25, 0.3) is 0 Å². The largest absolute Gasteiger partial charge is 0.289 e. The summed E-state index contributed by atoms with van der Waals surface area (Å²) in [5.41, 5.74) is 6.23. The first kappa shape index (κ1) is 15.2. The molecule has 2 aromatic carbocycles. The highest BCUT2D eigenvalue weighted by Gasteiger charge is 2.21. The zero-order valence-corrected chi connectivity index (χ0v) is 13.1. The normalized spacial score (nSPS) is 10.5. The maximum Gasteiger partial charge on any atom is 0.234 e. The van der Waals surface area contributed by atoms with Gasteiger partial charge in [0, 0.05) is 16.7 Å². The predicted octanol–water partition coefficient (Wildman–Crippen LogP) is 3.92. The standard InChI is InChI=1S/C19H19O2/c1-11-7-6-8-12(2)17(11)19(21)18-14(4)9-13(3)16(10-20)15(18)5/h6-9H,1-5H3. The van der Waals surface area contributed by atoms with Crippen molar-refractivity contribution in [2.24, 2.45) is 0 Å². The fourth-order valence-corrected chi connectivity index (χ4v) is 2.99. The Bertz CT molecular complexity index is 719. The summed E-state index contributed by atoms with van der Waals surface area (Å²) < 4.78 is 0. The van der Waals surface area contributed by atoms with Crippen LogP contribution in [0.1, 0.15) is 49.3 Å². The lowest BCUT2D eigenvalue weighted by Crippen LogP contribution is -2.12. The van der Waals surface area contributed by atoms with Crippen LogP contribution in [-0.2, 0) is 4.79 Å². The van der Waals surface area contributed by atoms with Crippen LogP contribution >= 0.6 is 0 Å². The highest BCUT2D eigenvalue weighted by molar-refractivity contribution is 6.13. The van der Waals surface area contributed by atoms with Gasteiger partial charge in [-0.15, -0.1) is 0 Å². The first-order valence-electron chi connectivity index (χ1n) is 6.98. The van der Waals surface area contributed by atoms with Crippen LogP contribution in [0.3, 0.4) is 0 Å². The molecule has 1 radical (unpaired) electrons. The van der Waals surface area contributed by atoms with Gasteiger partial charge in [0.1, 0.15) is 0 Å². The zero-order valence-electron chi connectivity index (χ0n) is 13.1. The number of hydrogen-bond donors (Lipinski definition) is 0. The van der Waals surface area contributed by atoms with Crippen molar-refractivity contribution in [2.75, 3.05) is 0 Å². The van der Waals surface area contributed by atoms with Gasteiger partial charge in [-0.1, -0.05) is 24.3 Å². The smallest absolute Gasteiger partial charge is 0.234 e. The summed E-state index contributed by atoms with van der Waals surface area (Å²) in [6.45, 7) is 9.47. The molecule has 0 atom stereocenters. The highest BCUT2D eigenvalue weighted by atomic mass is 16.1. The SMILES string of the molecule is Cc1cc(C)c(C(=O)c2c(C)cccc2C)c(C)c1[C]=O. The molecule has 0 heterocycles.